The van der Waals surface area contributed by atoms with Gasteiger partial charge in [-0.25, -0.2) is 0 Å². The zero-order valence-electron chi connectivity index (χ0n) is 8.74. The Morgan fingerprint density at radius 3 is 2.86 bits per heavy atom. The standard InChI is InChI=1S/C12H19NS/c1-3-7-11-9(5-1)13-10-6-2-4-8-12(10)14-11/h9,11-12H,1-8H2/t9-,11+,12-/m0/s1. The molecule has 0 aromatic rings. The highest BCUT2D eigenvalue weighted by Crippen LogP contribution is 2.41. The van der Waals surface area contributed by atoms with Gasteiger partial charge in [-0.15, -0.1) is 11.8 Å². The molecular formula is C12H19NS. The van der Waals surface area contributed by atoms with Crippen LogP contribution in [0, 0.1) is 0 Å². The lowest BCUT2D eigenvalue weighted by Gasteiger charge is -2.38. The van der Waals surface area contributed by atoms with Gasteiger partial charge in [-0.3, -0.25) is 4.99 Å². The van der Waals surface area contributed by atoms with Gasteiger partial charge >= 0.3 is 0 Å². The number of nitrogens with zero attached hydrogens (tertiary/aromatic N) is 1. The molecule has 0 aromatic heterocycles. The maximum Gasteiger partial charge on any atom is 0.0618 e. The quantitative estimate of drug-likeness (QED) is 0.595. The van der Waals surface area contributed by atoms with E-state index in [2.05, 4.69) is 11.8 Å². The van der Waals surface area contributed by atoms with E-state index in [1.165, 1.54) is 51.4 Å². The summed E-state index contributed by atoms with van der Waals surface area (Å²) in [5, 5.41) is 1.71. The molecule has 0 saturated heterocycles. The number of aliphatic imine (C=N–C) groups is 1. The van der Waals surface area contributed by atoms with Gasteiger partial charge in [0.1, 0.15) is 0 Å². The van der Waals surface area contributed by atoms with Crippen LogP contribution in [-0.2, 0) is 0 Å². The zero-order chi connectivity index (χ0) is 9.38. The Balaban J connectivity index is 1.80. The second-order valence-corrected chi connectivity index (χ2v) is 6.33. The summed E-state index contributed by atoms with van der Waals surface area (Å²) in [6, 6.07) is 0.707. The largest absolute Gasteiger partial charge is 0.288 e. The van der Waals surface area contributed by atoms with Crippen molar-refractivity contribution in [2.45, 2.75) is 67.9 Å². The van der Waals surface area contributed by atoms with Crippen molar-refractivity contribution in [2.75, 3.05) is 0 Å². The van der Waals surface area contributed by atoms with E-state index in [0.29, 0.717) is 6.04 Å². The molecule has 1 nitrogen and oxygen atoms in total. The average molecular weight is 209 g/mol. The first-order valence-corrected chi connectivity index (χ1v) is 7.10. The Bertz CT molecular complexity index is 249. The van der Waals surface area contributed by atoms with Gasteiger partial charge in [-0.1, -0.05) is 19.3 Å². The number of hydrogen-bond acceptors (Lipinski definition) is 2. The van der Waals surface area contributed by atoms with Gasteiger partial charge in [0, 0.05) is 16.2 Å². The van der Waals surface area contributed by atoms with Gasteiger partial charge in [-0.2, -0.15) is 0 Å². The van der Waals surface area contributed by atoms with Crippen molar-refractivity contribution in [1.82, 2.24) is 0 Å². The number of fused-ring (bicyclic) bond motifs is 2. The van der Waals surface area contributed by atoms with Crippen molar-refractivity contribution in [3.8, 4) is 0 Å². The Hall–Kier alpha value is 0.0200. The van der Waals surface area contributed by atoms with E-state index in [1.807, 2.05) is 0 Å². The third-order valence-electron chi connectivity index (χ3n) is 3.86. The van der Waals surface area contributed by atoms with Gasteiger partial charge in [0.25, 0.3) is 0 Å². The van der Waals surface area contributed by atoms with Crippen molar-refractivity contribution >= 4 is 17.5 Å². The van der Waals surface area contributed by atoms with Crippen LogP contribution in [0.3, 0.4) is 0 Å². The molecule has 2 saturated carbocycles. The van der Waals surface area contributed by atoms with E-state index in [0.717, 1.165) is 10.5 Å². The fourth-order valence-corrected chi connectivity index (χ4v) is 4.81. The molecule has 3 aliphatic rings. The summed E-state index contributed by atoms with van der Waals surface area (Å²) in [5.41, 5.74) is 1.57. The number of rotatable bonds is 0. The lowest BCUT2D eigenvalue weighted by molar-refractivity contribution is 0.446. The minimum absolute atomic E-state index is 0.707. The summed E-state index contributed by atoms with van der Waals surface area (Å²) in [7, 11) is 0. The lowest BCUT2D eigenvalue weighted by atomic mass is 9.92. The zero-order valence-corrected chi connectivity index (χ0v) is 9.56. The van der Waals surface area contributed by atoms with E-state index in [9.17, 15) is 0 Å². The maximum absolute atomic E-state index is 5.02. The molecule has 2 heteroatoms. The fraction of sp³-hybridized carbons (Fsp3) is 0.917. The van der Waals surface area contributed by atoms with E-state index < -0.39 is 0 Å². The Labute approximate surface area is 90.8 Å². The molecule has 0 unspecified atom stereocenters. The Kier molecular flexibility index (Phi) is 2.57. The van der Waals surface area contributed by atoms with E-state index in [1.54, 1.807) is 5.71 Å². The second kappa shape index (κ2) is 3.88. The van der Waals surface area contributed by atoms with Crippen LogP contribution in [0.1, 0.15) is 51.4 Å². The molecule has 3 rings (SSSR count). The van der Waals surface area contributed by atoms with Crippen LogP contribution < -0.4 is 0 Å². The fourth-order valence-electron chi connectivity index (χ4n) is 3.07. The number of thioether (sulfide) groups is 1. The molecule has 0 spiro atoms. The van der Waals surface area contributed by atoms with Gasteiger partial charge in [0.2, 0.25) is 0 Å². The van der Waals surface area contributed by atoms with Gasteiger partial charge in [0.15, 0.2) is 0 Å². The molecule has 2 fully saturated rings. The first-order valence-electron chi connectivity index (χ1n) is 6.15. The number of hydrogen-bond donors (Lipinski definition) is 0. The minimum atomic E-state index is 0.707. The smallest absolute Gasteiger partial charge is 0.0618 e. The lowest BCUT2D eigenvalue weighted by Crippen LogP contribution is -2.38. The van der Waals surface area contributed by atoms with Crippen LogP contribution in [0.25, 0.3) is 0 Å². The predicted molar refractivity (Wildman–Crippen MR) is 63.3 cm³/mol. The van der Waals surface area contributed by atoms with Crippen LogP contribution >= 0.6 is 11.8 Å². The van der Waals surface area contributed by atoms with Gasteiger partial charge in [0.05, 0.1) is 6.04 Å². The van der Waals surface area contributed by atoms with Crippen LogP contribution in [0.2, 0.25) is 0 Å². The molecular weight excluding hydrogens is 190 g/mol. The second-order valence-electron chi connectivity index (χ2n) is 4.88. The van der Waals surface area contributed by atoms with Gasteiger partial charge in [-0.05, 0) is 32.1 Å². The highest BCUT2D eigenvalue weighted by molar-refractivity contribution is 8.01. The van der Waals surface area contributed by atoms with E-state index in [-0.39, 0.29) is 0 Å². The molecule has 0 aromatic carbocycles. The van der Waals surface area contributed by atoms with E-state index in [4.69, 9.17) is 4.99 Å². The molecule has 3 atom stereocenters. The van der Waals surface area contributed by atoms with Crippen molar-refractivity contribution in [3.05, 3.63) is 0 Å². The molecule has 0 radical (unpaired) electrons. The van der Waals surface area contributed by atoms with Crippen LogP contribution in [0.5, 0.6) is 0 Å². The molecule has 0 N–H and O–H groups in total. The SMILES string of the molecule is C1CC[C@@H]2S[C@@H]3CCCC[C@@H]3N=C2C1. The summed E-state index contributed by atoms with van der Waals surface area (Å²) in [6.07, 6.45) is 11.2. The third kappa shape index (κ3) is 1.62. The Morgan fingerprint density at radius 2 is 1.86 bits per heavy atom. The molecule has 1 heterocycles. The van der Waals surface area contributed by atoms with Gasteiger partial charge < -0.3 is 0 Å². The average Bonchev–Trinajstić information content (AvgIpc) is 2.26. The topological polar surface area (TPSA) is 12.4 Å². The summed E-state index contributed by atoms with van der Waals surface area (Å²) in [5.74, 6) is 0. The monoisotopic (exact) mass is 209 g/mol. The molecule has 1 aliphatic heterocycles. The van der Waals surface area contributed by atoms with Crippen LogP contribution in [0.4, 0.5) is 0 Å². The highest BCUT2D eigenvalue weighted by atomic mass is 32.2. The molecule has 0 amide bonds. The van der Waals surface area contributed by atoms with Crippen molar-refractivity contribution in [3.63, 3.8) is 0 Å². The first-order chi connectivity index (χ1) is 6.93. The summed E-state index contributed by atoms with van der Waals surface area (Å²) >= 11 is 2.27. The van der Waals surface area contributed by atoms with Crippen LogP contribution in [0.15, 0.2) is 4.99 Å². The summed E-state index contributed by atoms with van der Waals surface area (Å²) in [4.78, 5) is 5.02. The molecule has 78 valence electrons. The Morgan fingerprint density at radius 1 is 1.00 bits per heavy atom. The highest BCUT2D eigenvalue weighted by Gasteiger charge is 2.35. The van der Waals surface area contributed by atoms with Crippen molar-refractivity contribution < 1.29 is 0 Å². The van der Waals surface area contributed by atoms with E-state index >= 15 is 0 Å². The normalized spacial score (nSPS) is 42.3. The summed E-state index contributed by atoms with van der Waals surface area (Å²) < 4.78 is 0. The predicted octanol–water partition coefficient (Wildman–Crippen LogP) is 3.43. The summed E-state index contributed by atoms with van der Waals surface area (Å²) in [6.45, 7) is 0. The molecule has 2 aliphatic carbocycles. The van der Waals surface area contributed by atoms with Crippen LogP contribution in [-0.4, -0.2) is 22.3 Å². The molecule has 14 heavy (non-hydrogen) atoms. The van der Waals surface area contributed by atoms with Crippen molar-refractivity contribution in [1.29, 1.82) is 0 Å². The first kappa shape index (κ1) is 9.26. The molecule has 0 bridgehead atoms. The minimum Gasteiger partial charge on any atom is -0.288 e. The third-order valence-corrected chi connectivity index (χ3v) is 5.60. The van der Waals surface area contributed by atoms with Crippen molar-refractivity contribution in [2.24, 2.45) is 4.99 Å². The maximum atomic E-state index is 5.02.